The Labute approximate surface area is 205 Å². The van der Waals surface area contributed by atoms with E-state index in [4.69, 9.17) is 4.74 Å². The van der Waals surface area contributed by atoms with Crippen LogP contribution in [0.25, 0.3) is 0 Å². The van der Waals surface area contributed by atoms with Crippen molar-refractivity contribution in [2.45, 2.75) is 31.4 Å². The molecule has 0 aliphatic carbocycles. The SMILES string of the molecule is O=C(C[N+]12CCC(CC1)[C@@H](OC(=O)C(Cc1ccccc1)Nc1ccccc1)C2)c1cccs1. The van der Waals surface area contributed by atoms with Crippen LogP contribution in [0, 0.1) is 5.92 Å². The van der Waals surface area contributed by atoms with Crippen molar-refractivity contribution in [1.29, 1.82) is 0 Å². The number of Topliss-reactive ketones (excluding diaryl/α,β-unsaturated/α-hetero) is 1. The van der Waals surface area contributed by atoms with Gasteiger partial charge in [0.1, 0.15) is 19.1 Å². The van der Waals surface area contributed by atoms with E-state index in [0.29, 0.717) is 18.9 Å². The number of benzene rings is 2. The molecular weight excluding hydrogens is 444 g/mol. The number of hydrogen-bond donors (Lipinski definition) is 1. The molecule has 2 atom stereocenters. The highest BCUT2D eigenvalue weighted by atomic mass is 32.1. The monoisotopic (exact) mass is 475 g/mol. The lowest BCUT2D eigenvalue weighted by molar-refractivity contribution is -0.938. The topological polar surface area (TPSA) is 55.4 Å². The summed E-state index contributed by atoms with van der Waals surface area (Å²) in [5, 5.41) is 5.34. The number of rotatable bonds is 9. The summed E-state index contributed by atoms with van der Waals surface area (Å²) in [5.41, 5.74) is 1.99. The molecule has 3 fully saturated rings. The van der Waals surface area contributed by atoms with Crippen LogP contribution in [0.5, 0.6) is 0 Å². The van der Waals surface area contributed by atoms with Crippen molar-refractivity contribution in [3.8, 4) is 0 Å². The Kier molecular flexibility index (Phi) is 6.79. The van der Waals surface area contributed by atoms with Crippen LogP contribution in [0.4, 0.5) is 5.69 Å². The summed E-state index contributed by atoms with van der Waals surface area (Å²) in [4.78, 5) is 27.2. The molecule has 176 valence electrons. The average molecular weight is 476 g/mol. The number of carbonyl (C=O) groups excluding carboxylic acids is 2. The van der Waals surface area contributed by atoms with Crippen LogP contribution in [0.3, 0.4) is 0 Å². The molecule has 3 aromatic rings. The molecule has 6 heteroatoms. The predicted molar refractivity (Wildman–Crippen MR) is 135 cm³/mol. The van der Waals surface area contributed by atoms with E-state index < -0.39 is 6.04 Å². The number of nitrogens with one attached hydrogen (secondary N) is 1. The van der Waals surface area contributed by atoms with E-state index in [1.807, 2.05) is 78.2 Å². The Bertz CT molecular complexity index is 1050. The zero-order valence-electron chi connectivity index (χ0n) is 19.3. The number of hydrogen-bond acceptors (Lipinski definition) is 5. The third-order valence-electron chi connectivity index (χ3n) is 7.27. The summed E-state index contributed by atoms with van der Waals surface area (Å²) in [5.74, 6) is 0.372. The van der Waals surface area contributed by atoms with Gasteiger partial charge in [-0.05, 0) is 29.1 Å². The minimum Gasteiger partial charge on any atom is -0.455 e. The summed E-state index contributed by atoms with van der Waals surface area (Å²) in [6, 6.07) is 23.2. The van der Waals surface area contributed by atoms with Crippen molar-refractivity contribution >= 4 is 28.8 Å². The molecular formula is C28H31N2O3S+. The fraction of sp³-hybridized carbons (Fsp3) is 0.357. The number of quaternary nitrogens is 1. The minimum atomic E-state index is -0.471. The van der Waals surface area contributed by atoms with Crippen LogP contribution < -0.4 is 5.32 Å². The first-order chi connectivity index (χ1) is 16.6. The summed E-state index contributed by atoms with van der Waals surface area (Å²) in [6.45, 7) is 3.21. The molecule has 0 saturated carbocycles. The van der Waals surface area contributed by atoms with E-state index in [1.165, 1.54) is 11.3 Å². The quantitative estimate of drug-likeness (QED) is 0.274. The van der Waals surface area contributed by atoms with E-state index in [1.54, 1.807) is 0 Å². The first-order valence-corrected chi connectivity index (χ1v) is 13.0. The molecule has 5 nitrogen and oxygen atoms in total. The van der Waals surface area contributed by atoms with Gasteiger partial charge >= 0.3 is 5.97 Å². The maximum Gasteiger partial charge on any atom is 0.329 e. The first-order valence-electron chi connectivity index (χ1n) is 12.1. The maximum absolute atomic E-state index is 13.5. The second-order valence-electron chi connectivity index (χ2n) is 9.60. The Morgan fingerprint density at radius 3 is 2.35 bits per heavy atom. The van der Waals surface area contributed by atoms with Crippen LogP contribution in [-0.4, -0.2) is 54.6 Å². The number of thiophene rings is 1. The average Bonchev–Trinajstić information content (AvgIpc) is 3.41. The molecule has 1 unspecified atom stereocenters. The number of carbonyl (C=O) groups is 2. The van der Waals surface area contributed by atoms with E-state index in [2.05, 4.69) is 5.32 Å². The van der Waals surface area contributed by atoms with Gasteiger partial charge in [0.25, 0.3) is 0 Å². The molecule has 0 radical (unpaired) electrons. The van der Waals surface area contributed by atoms with Crippen molar-refractivity contribution in [1.82, 2.24) is 0 Å². The fourth-order valence-electron chi connectivity index (χ4n) is 5.41. The van der Waals surface area contributed by atoms with Crippen molar-refractivity contribution in [2.75, 3.05) is 31.5 Å². The highest BCUT2D eigenvalue weighted by molar-refractivity contribution is 7.12. The highest BCUT2D eigenvalue weighted by Gasteiger charge is 2.49. The van der Waals surface area contributed by atoms with E-state index in [9.17, 15) is 9.59 Å². The first kappa shape index (κ1) is 22.8. The van der Waals surface area contributed by atoms with Gasteiger partial charge in [-0.1, -0.05) is 54.6 Å². The molecule has 4 heterocycles. The van der Waals surface area contributed by atoms with Gasteiger partial charge < -0.3 is 14.5 Å². The number of nitrogens with zero attached hydrogens (tertiary/aromatic N) is 1. The van der Waals surface area contributed by atoms with E-state index >= 15 is 0 Å². The number of para-hydroxylation sites is 1. The molecule has 1 aromatic heterocycles. The second kappa shape index (κ2) is 10.1. The minimum absolute atomic E-state index is 0.137. The highest BCUT2D eigenvalue weighted by Crippen LogP contribution is 2.36. The van der Waals surface area contributed by atoms with Crippen LogP contribution in [-0.2, 0) is 16.0 Å². The lowest BCUT2D eigenvalue weighted by Crippen LogP contribution is -2.66. The summed E-state index contributed by atoms with van der Waals surface area (Å²) in [7, 11) is 0. The second-order valence-corrected chi connectivity index (χ2v) is 10.5. The van der Waals surface area contributed by atoms with E-state index in [0.717, 1.165) is 53.1 Å². The van der Waals surface area contributed by atoms with Gasteiger partial charge in [-0.3, -0.25) is 4.79 Å². The van der Waals surface area contributed by atoms with Gasteiger partial charge in [0.15, 0.2) is 6.10 Å². The van der Waals surface area contributed by atoms with Gasteiger partial charge in [0, 0.05) is 30.9 Å². The molecule has 34 heavy (non-hydrogen) atoms. The van der Waals surface area contributed by atoms with Crippen LogP contribution in [0.2, 0.25) is 0 Å². The molecule has 0 amide bonds. The number of ether oxygens (including phenoxy) is 1. The zero-order valence-corrected chi connectivity index (χ0v) is 20.1. The van der Waals surface area contributed by atoms with Crippen molar-refractivity contribution < 1.29 is 18.8 Å². The Balaban J connectivity index is 1.29. The maximum atomic E-state index is 13.5. The van der Waals surface area contributed by atoms with Gasteiger partial charge in [0.05, 0.1) is 18.0 Å². The molecule has 1 N–H and O–H groups in total. The zero-order chi connectivity index (χ0) is 23.4. The molecule has 6 rings (SSSR count). The third kappa shape index (κ3) is 5.24. The van der Waals surface area contributed by atoms with Gasteiger partial charge in [0.2, 0.25) is 5.78 Å². The smallest absolute Gasteiger partial charge is 0.329 e. The van der Waals surface area contributed by atoms with Crippen molar-refractivity contribution in [3.05, 3.63) is 88.6 Å². The predicted octanol–water partition coefficient (Wildman–Crippen LogP) is 4.81. The molecule has 0 spiro atoms. The molecule has 2 aromatic carbocycles. The van der Waals surface area contributed by atoms with E-state index in [-0.39, 0.29) is 17.9 Å². The Hall–Kier alpha value is -2.96. The number of piperidine rings is 3. The number of anilines is 1. The van der Waals surface area contributed by atoms with Gasteiger partial charge in [-0.25, -0.2) is 4.79 Å². The molecule has 3 aliphatic rings. The Morgan fingerprint density at radius 1 is 0.971 bits per heavy atom. The summed E-state index contributed by atoms with van der Waals surface area (Å²) in [6.07, 6.45) is 2.43. The molecule has 3 aliphatic heterocycles. The van der Waals surface area contributed by atoms with Gasteiger partial charge in [-0.2, -0.15) is 0 Å². The Morgan fingerprint density at radius 2 is 1.68 bits per heavy atom. The molecule has 2 bridgehead atoms. The van der Waals surface area contributed by atoms with Crippen molar-refractivity contribution in [3.63, 3.8) is 0 Å². The van der Waals surface area contributed by atoms with Crippen molar-refractivity contribution in [2.24, 2.45) is 5.92 Å². The lowest BCUT2D eigenvalue weighted by atomic mass is 9.83. The van der Waals surface area contributed by atoms with Crippen LogP contribution >= 0.6 is 11.3 Å². The normalized spacial score (nSPS) is 24.4. The number of esters is 1. The summed E-state index contributed by atoms with van der Waals surface area (Å²) < 4.78 is 6.94. The summed E-state index contributed by atoms with van der Waals surface area (Å²) >= 11 is 1.51. The number of ketones is 1. The molecule has 3 saturated heterocycles. The lowest BCUT2D eigenvalue weighted by Gasteiger charge is -2.51. The third-order valence-corrected chi connectivity index (χ3v) is 8.18. The fourth-order valence-corrected chi connectivity index (χ4v) is 6.06. The van der Waals surface area contributed by atoms with Crippen LogP contribution in [0.1, 0.15) is 28.1 Å². The van der Waals surface area contributed by atoms with Crippen LogP contribution in [0.15, 0.2) is 78.2 Å². The standard InChI is InChI=1S/C28H31N2O3S/c31-25(27-12-7-17-34-27)19-30-15-13-22(14-16-30)26(20-30)33-28(32)24(18-21-8-3-1-4-9-21)29-23-10-5-2-6-11-23/h1-12,17,22,24,26,29H,13-16,18-20H2/q+1/t22?,24?,26-,30?/m0/s1. The largest absolute Gasteiger partial charge is 0.455 e. The number of fused-ring (bicyclic) bond motifs is 3. The van der Waals surface area contributed by atoms with Gasteiger partial charge in [-0.15, -0.1) is 11.3 Å².